The normalized spacial score (nSPS) is 33.8. The Hall–Kier alpha value is -0.840. The van der Waals surface area contributed by atoms with Gasteiger partial charge in [0.05, 0.1) is 11.2 Å². The van der Waals surface area contributed by atoms with Gasteiger partial charge in [-0.15, -0.1) is 0 Å². The van der Waals surface area contributed by atoms with Crippen molar-refractivity contribution in [3.63, 3.8) is 0 Å². The first-order chi connectivity index (χ1) is 11.5. The number of benzene rings is 1. The van der Waals surface area contributed by atoms with Crippen molar-refractivity contribution in [2.45, 2.75) is 44.1 Å². The number of rotatable bonds is 3. The van der Waals surface area contributed by atoms with Crippen LogP contribution < -0.4 is 10.7 Å². The minimum atomic E-state index is 0.201. The first-order valence-electron chi connectivity index (χ1n) is 8.58. The summed E-state index contributed by atoms with van der Waals surface area (Å²) in [6, 6.07) is 5.34. The van der Waals surface area contributed by atoms with E-state index in [1.165, 1.54) is 38.5 Å². The number of nitrogens with zero attached hydrogens (tertiary/aromatic N) is 1. The van der Waals surface area contributed by atoms with Crippen molar-refractivity contribution < 1.29 is 0 Å². The van der Waals surface area contributed by atoms with E-state index in [-0.39, 0.29) is 5.54 Å². The van der Waals surface area contributed by atoms with E-state index in [0.717, 1.165) is 23.3 Å². The van der Waals surface area contributed by atoms with Crippen LogP contribution in [0.4, 0.5) is 0 Å². The molecule has 0 aromatic heterocycles. The van der Waals surface area contributed by atoms with E-state index in [1.54, 1.807) is 18.3 Å². The van der Waals surface area contributed by atoms with Crippen LogP contribution in [0, 0.1) is 17.8 Å². The first kappa shape index (κ1) is 16.6. The molecule has 4 bridgehead atoms. The minimum absolute atomic E-state index is 0.201. The summed E-state index contributed by atoms with van der Waals surface area (Å²) in [5.41, 5.74) is 3.96. The highest BCUT2D eigenvalue weighted by atomic mass is 35.5. The van der Waals surface area contributed by atoms with Crippen molar-refractivity contribution in [2.24, 2.45) is 22.9 Å². The molecule has 1 aromatic rings. The molecule has 2 N–H and O–H groups in total. The molecule has 1 aromatic carbocycles. The summed E-state index contributed by atoms with van der Waals surface area (Å²) < 4.78 is 0. The van der Waals surface area contributed by atoms with E-state index in [2.05, 4.69) is 15.8 Å². The van der Waals surface area contributed by atoms with Crippen LogP contribution in [0.1, 0.15) is 44.1 Å². The van der Waals surface area contributed by atoms with Crippen molar-refractivity contribution >= 4 is 46.7 Å². The number of thiocarbonyl (C=S) groups is 1. The molecule has 5 rings (SSSR count). The van der Waals surface area contributed by atoms with Gasteiger partial charge in [-0.1, -0.05) is 29.3 Å². The van der Waals surface area contributed by atoms with Crippen LogP contribution in [-0.4, -0.2) is 16.9 Å². The van der Waals surface area contributed by atoms with Gasteiger partial charge in [-0.3, -0.25) is 5.43 Å². The van der Waals surface area contributed by atoms with Gasteiger partial charge in [0.15, 0.2) is 5.11 Å². The van der Waals surface area contributed by atoms with Crippen molar-refractivity contribution in [1.29, 1.82) is 0 Å². The van der Waals surface area contributed by atoms with Gasteiger partial charge in [-0.2, -0.15) is 5.10 Å². The zero-order chi connectivity index (χ0) is 16.7. The van der Waals surface area contributed by atoms with Crippen LogP contribution in [0.15, 0.2) is 23.3 Å². The largest absolute Gasteiger partial charge is 0.356 e. The number of hydrogen-bond acceptors (Lipinski definition) is 2. The first-order valence-corrected chi connectivity index (χ1v) is 9.74. The number of hydrazone groups is 1. The zero-order valence-corrected chi connectivity index (χ0v) is 15.7. The monoisotopic (exact) mass is 381 g/mol. The second kappa shape index (κ2) is 6.47. The summed E-state index contributed by atoms with van der Waals surface area (Å²) in [5, 5.41) is 9.61. The molecule has 0 amide bonds. The van der Waals surface area contributed by atoms with Gasteiger partial charge in [0, 0.05) is 16.1 Å². The highest BCUT2D eigenvalue weighted by Gasteiger charge is 2.51. The van der Waals surface area contributed by atoms with E-state index in [9.17, 15) is 0 Å². The van der Waals surface area contributed by atoms with Crippen molar-refractivity contribution in [3.05, 3.63) is 33.8 Å². The summed E-state index contributed by atoms with van der Waals surface area (Å²) in [6.45, 7) is 0. The molecule has 3 nitrogen and oxygen atoms in total. The Morgan fingerprint density at radius 2 is 1.75 bits per heavy atom. The maximum absolute atomic E-state index is 6.14. The smallest absolute Gasteiger partial charge is 0.187 e. The van der Waals surface area contributed by atoms with Gasteiger partial charge in [-0.05, 0) is 80.6 Å². The molecule has 0 unspecified atom stereocenters. The molecule has 0 aliphatic heterocycles. The van der Waals surface area contributed by atoms with Gasteiger partial charge in [0.2, 0.25) is 0 Å². The number of hydrogen-bond donors (Lipinski definition) is 2. The summed E-state index contributed by atoms with van der Waals surface area (Å²) in [4.78, 5) is 0. The molecule has 4 aliphatic rings. The average molecular weight is 382 g/mol. The van der Waals surface area contributed by atoms with E-state index in [0.29, 0.717) is 15.2 Å². The summed E-state index contributed by atoms with van der Waals surface area (Å²) in [7, 11) is 0. The van der Waals surface area contributed by atoms with Gasteiger partial charge in [0.1, 0.15) is 0 Å². The molecular weight excluding hydrogens is 361 g/mol. The Kier molecular flexibility index (Phi) is 4.48. The quantitative estimate of drug-likeness (QED) is 0.450. The van der Waals surface area contributed by atoms with Crippen molar-refractivity contribution in [3.8, 4) is 0 Å². The second-order valence-corrected chi connectivity index (χ2v) is 8.94. The molecule has 128 valence electrons. The van der Waals surface area contributed by atoms with Crippen molar-refractivity contribution in [1.82, 2.24) is 10.7 Å². The molecule has 6 heteroatoms. The van der Waals surface area contributed by atoms with Gasteiger partial charge < -0.3 is 5.32 Å². The second-order valence-electron chi connectivity index (χ2n) is 7.69. The predicted octanol–water partition coefficient (Wildman–Crippen LogP) is 4.76. The van der Waals surface area contributed by atoms with Crippen LogP contribution in [0.3, 0.4) is 0 Å². The van der Waals surface area contributed by atoms with Gasteiger partial charge in [-0.25, -0.2) is 0 Å². The van der Waals surface area contributed by atoms with Crippen molar-refractivity contribution in [2.75, 3.05) is 0 Å². The molecule has 4 fully saturated rings. The molecule has 0 heterocycles. The maximum Gasteiger partial charge on any atom is 0.187 e. The van der Waals surface area contributed by atoms with Crippen LogP contribution >= 0.6 is 35.4 Å². The zero-order valence-electron chi connectivity index (χ0n) is 13.4. The molecule has 4 saturated carbocycles. The third-order valence-electron chi connectivity index (χ3n) is 5.75. The highest BCUT2D eigenvalue weighted by Crippen LogP contribution is 2.55. The average Bonchev–Trinajstić information content (AvgIpc) is 2.47. The SMILES string of the molecule is S=C(N/N=C\c1ccc(Cl)cc1Cl)NC12CC3CC(CC(C3)C1)C2. The van der Waals surface area contributed by atoms with E-state index >= 15 is 0 Å². The van der Waals surface area contributed by atoms with Gasteiger partial charge >= 0.3 is 0 Å². The van der Waals surface area contributed by atoms with Crippen LogP contribution in [0.5, 0.6) is 0 Å². The van der Waals surface area contributed by atoms with Crippen LogP contribution in [0.25, 0.3) is 0 Å². The summed E-state index contributed by atoms with van der Waals surface area (Å²) in [6.07, 6.45) is 9.72. The molecular formula is C18H21Cl2N3S. The Bertz CT molecular complexity index is 654. The lowest BCUT2D eigenvalue weighted by molar-refractivity contribution is -0.0101. The van der Waals surface area contributed by atoms with Crippen LogP contribution in [-0.2, 0) is 0 Å². The highest BCUT2D eigenvalue weighted by molar-refractivity contribution is 7.80. The molecule has 0 spiro atoms. The fourth-order valence-electron chi connectivity index (χ4n) is 5.30. The maximum atomic E-state index is 6.14. The Labute approximate surface area is 158 Å². The predicted molar refractivity (Wildman–Crippen MR) is 104 cm³/mol. The topological polar surface area (TPSA) is 36.4 Å². The standard InChI is InChI=1S/C18H21Cl2N3S/c19-15-2-1-14(16(20)6-15)10-21-23-17(24)22-18-7-11-3-12(8-18)5-13(4-11)9-18/h1-2,6,10-13H,3-5,7-9H2,(H2,22,23,24)/b21-10-. The Morgan fingerprint density at radius 3 is 2.33 bits per heavy atom. The Morgan fingerprint density at radius 1 is 1.12 bits per heavy atom. The molecule has 4 aliphatic carbocycles. The van der Waals surface area contributed by atoms with E-state index in [4.69, 9.17) is 35.4 Å². The molecule has 0 saturated heterocycles. The summed E-state index contributed by atoms with van der Waals surface area (Å²) in [5.74, 6) is 2.67. The lowest BCUT2D eigenvalue weighted by Crippen LogP contribution is -2.61. The lowest BCUT2D eigenvalue weighted by Gasteiger charge is -2.57. The number of halogens is 2. The molecule has 0 atom stereocenters. The molecule has 0 radical (unpaired) electrons. The fraction of sp³-hybridized carbons (Fsp3) is 0.556. The Balaban J connectivity index is 1.36. The summed E-state index contributed by atoms with van der Waals surface area (Å²) >= 11 is 17.5. The third-order valence-corrected chi connectivity index (χ3v) is 6.50. The molecule has 24 heavy (non-hydrogen) atoms. The minimum Gasteiger partial charge on any atom is -0.356 e. The van der Waals surface area contributed by atoms with E-state index < -0.39 is 0 Å². The fourth-order valence-corrected chi connectivity index (χ4v) is 6.03. The van der Waals surface area contributed by atoms with Gasteiger partial charge in [0.25, 0.3) is 0 Å². The number of nitrogens with one attached hydrogen (secondary N) is 2. The lowest BCUT2D eigenvalue weighted by atomic mass is 9.53. The van der Waals surface area contributed by atoms with Crippen LogP contribution in [0.2, 0.25) is 10.0 Å². The van der Waals surface area contributed by atoms with E-state index in [1.807, 2.05) is 6.07 Å². The third kappa shape index (κ3) is 3.42.